The molecule has 5 nitrogen and oxygen atoms in total. The first kappa shape index (κ1) is 28.7. The Morgan fingerprint density at radius 1 is 0.588 bits per heavy atom. The van der Waals surface area contributed by atoms with Crippen molar-refractivity contribution >= 4 is 10.8 Å². The Morgan fingerprint density at radius 3 is 1.76 bits per heavy atom. The molecule has 0 aromatic heterocycles. The number of unbranched alkanes of at least 4 members (excludes halogenated alkanes) is 6. The van der Waals surface area contributed by atoms with Gasteiger partial charge in [0.1, 0.15) is 0 Å². The van der Waals surface area contributed by atoms with Gasteiger partial charge in [-0.05, 0) is 44.9 Å². The quantitative estimate of drug-likeness (QED) is 0.153. The lowest BCUT2D eigenvalue weighted by molar-refractivity contribution is -0.543. The van der Waals surface area contributed by atoms with E-state index in [0.717, 1.165) is 29.2 Å². The van der Waals surface area contributed by atoms with E-state index in [9.17, 15) is 0 Å². The minimum Gasteiger partial charge on any atom is -0.346 e. The van der Waals surface area contributed by atoms with Crippen LogP contribution in [-0.4, -0.2) is 32.6 Å². The van der Waals surface area contributed by atoms with Crippen LogP contribution in [0, 0.1) is 0 Å². The lowest BCUT2D eigenvalue weighted by Gasteiger charge is -2.42. The van der Waals surface area contributed by atoms with Gasteiger partial charge in [-0.15, -0.1) is 0 Å². The average molecular weight is 475 g/mol. The molecule has 0 aliphatic rings. The van der Waals surface area contributed by atoms with Crippen LogP contribution in [0.1, 0.15) is 91.5 Å². The van der Waals surface area contributed by atoms with E-state index in [-0.39, 0.29) is 0 Å². The van der Waals surface area contributed by atoms with Crippen LogP contribution in [-0.2, 0) is 29.5 Å². The smallest absolute Gasteiger partial charge is 0.346 e. The number of hydrogen-bond donors (Lipinski definition) is 0. The molecule has 5 heteroatoms. The molecule has 0 aliphatic carbocycles. The van der Waals surface area contributed by atoms with Crippen molar-refractivity contribution in [1.29, 1.82) is 0 Å². The van der Waals surface area contributed by atoms with Gasteiger partial charge in [0, 0.05) is 18.6 Å². The third-order valence-electron chi connectivity index (χ3n) is 5.94. The molecule has 0 N–H and O–H groups in total. The number of ether oxygens (including phenoxy) is 5. The summed E-state index contributed by atoms with van der Waals surface area (Å²) in [5.41, 5.74) is 0.974. The molecule has 0 fully saturated rings. The summed E-state index contributed by atoms with van der Waals surface area (Å²) in [7, 11) is 0. The van der Waals surface area contributed by atoms with Crippen LogP contribution in [0.3, 0.4) is 0 Å². The first-order valence-electron chi connectivity index (χ1n) is 13.3. The molecule has 0 amide bonds. The number of fused-ring (bicyclic) bond motifs is 1. The van der Waals surface area contributed by atoms with Gasteiger partial charge in [-0.3, -0.25) is 4.74 Å². The Balaban J connectivity index is 2.45. The molecule has 2 aromatic carbocycles. The molecule has 2 rings (SSSR count). The van der Waals surface area contributed by atoms with E-state index in [1.54, 1.807) is 0 Å². The number of hydrogen-bond acceptors (Lipinski definition) is 5. The van der Waals surface area contributed by atoms with Crippen molar-refractivity contribution in [1.82, 2.24) is 0 Å². The van der Waals surface area contributed by atoms with E-state index >= 15 is 0 Å². The molecule has 0 radical (unpaired) electrons. The van der Waals surface area contributed by atoms with E-state index < -0.39 is 11.9 Å². The minimum absolute atomic E-state index is 0.384. The zero-order valence-corrected chi connectivity index (χ0v) is 22.1. The summed E-state index contributed by atoms with van der Waals surface area (Å²) < 4.78 is 31.2. The van der Waals surface area contributed by atoms with Crippen LogP contribution in [0.4, 0.5) is 0 Å². The second-order valence-corrected chi connectivity index (χ2v) is 8.49. The van der Waals surface area contributed by atoms with Crippen LogP contribution >= 0.6 is 0 Å². The van der Waals surface area contributed by atoms with Crippen molar-refractivity contribution in [3.8, 4) is 0 Å². The molecule has 0 saturated heterocycles. The van der Waals surface area contributed by atoms with Crippen molar-refractivity contribution in [2.45, 2.75) is 97.9 Å². The predicted molar refractivity (Wildman–Crippen MR) is 139 cm³/mol. The number of benzene rings is 2. The van der Waals surface area contributed by atoms with Gasteiger partial charge >= 0.3 is 6.16 Å². The normalized spacial score (nSPS) is 13.9. The highest BCUT2D eigenvalue weighted by Crippen LogP contribution is 2.42. The van der Waals surface area contributed by atoms with E-state index in [0.29, 0.717) is 32.8 Å². The van der Waals surface area contributed by atoms with Crippen LogP contribution in [0.5, 0.6) is 0 Å². The van der Waals surface area contributed by atoms with Crippen LogP contribution in [0.15, 0.2) is 42.5 Å². The fraction of sp³-hybridized carbons (Fsp3) is 0.655. The molecule has 192 valence electrons. The monoisotopic (exact) mass is 474 g/mol. The summed E-state index contributed by atoms with van der Waals surface area (Å²) >= 11 is 0. The largest absolute Gasteiger partial charge is 0.415 e. The Kier molecular flexibility index (Phi) is 13.1. The van der Waals surface area contributed by atoms with Crippen LogP contribution in [0.25, 0.3) is 10.8 Å². The fourth-order valence-electron chi connectivity index (χ4n) is 4.47. The van der Waals surface area contributed by atoms with Gasteiger partial charge in [0.05, 0.1) is 19.8 Å². The van der Waals surface area contributed by atoms with E-state index in [2.05, 4.69) is 49.4 Å². The fourth-order valence-corrected chi connectivity index (χ4v) is 4.47. The second-order valence-electron chi connectivity index (χ2n) is 8.49. The zero-order valence-electron chi connectivity index (χ0n) is 22.1. The highest BCUT2D eigenvalue weighted by Gasteiger charge is 2.47. The second kappa shape index (κ2) is 15.5. The van der Waals surface area contributed by atoms with Gasteiger partial charge in [-0.2, -0.15) is 0 Å². The zero-order chi connectivity index (χ0) is 24.7. The molecule has 1 atom stereocenters. The molecule has 0 bridgehead atoms. The third-order valence-corrected chi connectivity index (χ3v) is 5.94. The van der Waals surface area contributed by atoms with Crippen molar-refractivity contribution in [2.75, 3.05) is 26.4 Å². The van der Waals surface area contributed by atoms with Gasteiger partial charge in [-0.1, -0.05) is 87.9 Å². The van der Waals surface area contributed by atoms with Gasteiger partial charge < -0.3 is 18.9 Å². The van der Waals surface area contributed by atoms with Gasteiger partial charge in [0.15, 0.2) is 0 Å². The maximum absolute atomic E-state index is 6.74. The Hall–Kier alpha value is -1.50. The SMILES string of the molecule is CCCCCCCCCC(OCC)(OC(OCC)(OCC)OCC)c1cccc2ccccc12. The Labute approximate surface area is 207 Å². The summed E-state index contributed by atoms with van der Waals surface area (Å²) in [6.45, 7) is 11.6. The molecular weight excluding hydrogens is 428 g/mol. The maximum Gasteiger partial charge on any atom is 0.415 e. The lowest BCUT2D eigenvalue weighted by Crippen LogP contribution is -2.50. The summed E-state index contributed by atoms with van der Waals surface area (Å²) in [5.74, 6) is -1.07. The van der Waals surface area contributed by atoms with Crippen molar-refractivity contribution in [3.05, 3.63) is 48.0 Å². The van der Waals surface area contributed by atoms with Gasteiger partial charge in [0.25, 0.3) is 0 Å². The third kappa shape index (κ3) is 8.03. The molecule has 1 unspecified atom stereocenters. The van der Waals surface area contributed by atoms with Crippen molar-refractivity contribution < 1.29 is 23.7 Å². The van der Waals surface area contributed by atoms with E-state index in [4.69, 9.17) is 23.7 Å². The average Bonchev–Trinajstić information content (AvgIpc) is 2.83. The van der Waals surface area contributed by atoms with Gasteiger partial charge in [0.2, 0.25) is 5.79 Å². The van der Waals surface area contributed by atoms with Crippen LogP contribution in [0.2, 0.25) is 0 Å². The van der Waals surface area contributed by atoms with E-state index in [1.165, 1.54) is 32.1 Å². The maximum atomic E-state index is 6.74. The van der Waals surface area contributed by atoms with Crippen LogP contribution < -0.4 is 0 Å². The highest BCUT2D eigenvalue weighted by atomic mass is 17.0. The molecule has 0 heterocycles. The summed E-state index contributed by atoms with van der Waals surface area (Å²) in [6, 6.07) is 14.6. The summed E-state index contributed by atoms with van der Waals surface area (Å²) in [4.78, 5) is 0. The molecule has 34 heavy (non-hydrogen) atoms. The topological polar surface area (TPSA) is 46.2 Å². The minimum atomic E-state index is -1.63. The lowest BCUT2D eigenvalue weighted by atomic mass is 9.93. The standard InChI is InChI=1S/C29H46O5/c1-6-11-12-13-14-15-18-24-28(30-7-2,34-29(31-8-3,32-9-4)33-10-5)27-23-19-21-25-20-16-17-22-26(25)27/h16-17,19-23H,6-15,18,24H2,1-5H3. The Morgan fingerprint density at radius 2 is 1.15 bits per heavy atom. The summed E-state index contributed by atoms with van der Waals surface area (Å²) in [5, 5.41) is 2.24. The molecular formula is C29H46O5. The first-order valence-corrected chi connectivity index (χ1v) is 13.3. The summed E-state index contributed by atoms with van der Waals surface area (Å²) in [6.07, 6.45) is 7.49. The predicted octanol–water partition coefficient (Wildman–Crippen LogP) is 7.91. The van der Waals surface area contributed by atoms with E-state index in [1.807, 2.05) is 27.7 Å². The Bertz CT molecular complexity index is 786. The van der Waals surface area contributed by atoms with Gasteiger partial charge in [-0.25, -0.2) is 0 Å². The molecule has 0 spiro atoms. The highest BCUT2D eigenvalue weighted by molar-refractivity contribution is 5.86. The molecule has 0 saturated carbocycles. The van der Waals surface area contributed by atoms with Crippen molar-refractivity contribution in [2.24, 2.45) is 0 Å². The molecule has 0 aliphatic heterocycles. The number of rotatable bonds is 19. The molecule has 2 aromatic rings. The first-order chi connectivity index (χ1) is 16.6. The van der Waals surface area contributed by atoms with Crippen molar-refractivity contribution in [3.63, 3.8) is 0 Å².